The van der Waals surface area contributed by atoms with Crippen molar-refractivity contribution in [1.82, 2.24) is 5.32 Å². The summed E-state index contributed by atoms with van der Waals surface area (Å²) in [6.45, 7) is 9.89. The van der Waals surface area contributed by atoms with Crippen LogP contribution in [0.4, 0.5) is 0 Å². The van der Waals surface area contributed by atoms with Gasteiger partial charge in [-0.2, -0.15) is 11.8 Å². The van der Waals surface area contributed by atoms with Crippen LogP contribution in [0, 0.1) is 5.92 Å². The number of rotatable bonds is 6. The number of benzene rings is 1. The highest BCUT2D eigenvalue weighted by Gasteiger charge is 2.16. The summed E-state index contributed by atoms with van der Waals surface area (Å²) in [5, 5.41) is 3.30. The molecule has 19 heavy (non-hydrogen) atoms. The van der Waals surface area contributed by atoms with E-state index in [1.54, 1.807) is 0 Å². The molecule has 0 bridgehead atoms. The standard InChI is InChI=1S/C16H25NOS/c1-16(2,3)14-4-6-15(7-5-14)18-8-9-19-12-13-10-17-11-13/h4-7,13,17H,8-12H2,1-3H3. The fraction of sp³-hybridized carbons (Fsp3) is 0.625. The Morgan fingerprint density at radius 2 is 1.89 bits per heavy atom. The second kappa shape index (κ2) is 6.67. The predicted molar refractivity (Wildman–Crippen MR) is 84.3 cm³/mol. The predicted octanol–water partition coefficient (Wildman–Crippen LogP) is 3.32. The molecule has 0 atom stereocenters. The van der Waals surface area contributed by atoms with Crippen molar-refractivity contribution < 1.29 is 4.74 Å². The SMILES string of the molecule is CC(C)(C)c1ccc(OCCSCC2CNC2)cc1. The molecule has 1 aliphatic rings. The molecule has 106 valence electrons. The second-order valence-corrected chi connectivity index (χ2v) is 7.37. The van der Waals surface area contributed by atoms with Gasteiger partial charge in [0.15, 0.2) is 0 Å². The van der Waals surface area contributed by atoms with Crippen LogP contribution >= 0.6 is 11.8 Å². The molecule has 0 saturated carbocycles. The minimum Gasteiger partial charge on any atom is -0.493 e. The van der Waals surface area contributed by atoms with Gasteiger partial charge in [-0.3, -0.25) is 0 Å². The molecule has 3 heteroatoms. The van der Waals surface area contributed by atoms with Crippen LogP contribution in [-0.4, -0.2) is 31.2 Å². The molecule has 1 aromatic carbocycles. The molecule has 1 fully saturated rings. The molecule has 0 aliphatic carbocycles. The van der Waals surface area contributed by atoms with Crippen LogP contribution in [0.25, 0.3) is 0 Å². The zero-order valence-electron chi connectivity index (χ0n) is 12.2. The van der Waals surface area contributed by atoms with Gasteiger partial charge in [-0.25, -0.2) is 0 Å². The van der Waals surface area contributed by atoms with Crippen molar-refractivity contribution in [3.05, 3.63) is 29.8 Å². The first-order valence-corrected chi connectivity index (χ1v) is 8.23. The summed E-state index contributed by atoms with van der Waals surface area (Å²) in [5.74, 6) is 4.21. The summed E-state index contributed by atoms with van der Waals surface area (Å²) in [7, 11) is 0. The first-order valence-electron chi connectivity index (χ1n) is 7.07. The van der Waals surface area contributed by atoms with Gasteiger partial charge in [0.25, 0.3) is 0 Å². The number of hydrogen-bond acceptors (Lipinski definition) is 3. The van der Waals surface area contributed by atoms with Crippen LogP contribution in [0.2, 0.25) is 0 Å². The van der Waals surface area contributed by atoms with Crippen molar-refractivity contribution in [2.24, 2.45) is 5.92 Å². The normalized spacial score (nSPS) is 16.2. The van der Waals surface area contributed by atoms with E-state index >= 15 is 0 Å². The first kappa shape index (κ1) is 14.7. The fourth-order valence-corrected chi connectivity index (χ4v) is 2.92. The Morgan fingerprint density at radius 3 is 2.42 bits per heavy atom. The highest BCUT2D eigenvalue weighted by molar-refractivity contribution is 7.99. The first-order chi connectivity index (χ1) is 9.05. The molecule has 0 amide bonds. The molecule has 0 unspecified atom stereocenters. The van der Waals surface area contributed by atoms with E-state index in [4.69, 9.17) is 4.74 Å². The summed E-state index contributed by atoms with van der Waals surface area (Å²) in [6, 6.07) is 8.51. The lowest BCUT2D eigenvalue weighted by Gasteiger charge is -2.26. The Bertz CT molecular complexity index is 379. The molecule has 0 aromatic heterocycles. The van der Waals surface area contributed by atoms with E-state index in [9.17, 15) is 0 Å². The van der Waals surface area contributed by atoms with Gasteiger partial charge in [-0.1, -0.05) is 32.9 Å². The molecule has 2 rings (SSSR count). The second-order valence-electron chi connectivity index (χ2n) is 6.22. The minimum absolute atomic E-state index is 0.213. The van der Waals surface area contributed by atoms with Crippen molar-refractivity contribution in [1.29, 1.82) is 0 Å². The van der Waals surface area contributed by atoms with Crippen molar-refractivity contribution in [2.75, 3.05) is 31.2 Å². The smallest absolute Gasteiger partial charge is 0.119 e. The molecule has 1 aromatic rings. The van der Waals surface area contributed by atoms with Gasteiger partial charge in [0.2, 0.25) is 0 Å². The number of nitrogens with one attached hydrogen (secondary N) is 1. The fourth-order valence-electron chi connectivity index (χ4n) is 1.99. The maximum absolute atomic E-state index is 5.77. The lowest BCUT2D eigenvalue weighted by molar-refractivity contribution is 0.343. The van der Waals surface area contributed by atoms with Crippen LogP contribution < -0.4 is 10.1 Å². The Labute approximate surface area is 121 Å². The summed E-state index contributed by atoms with van der Waals surface area (Å²) in [4.78, 5) is 0. The third-order valence-electron chi connectivity index (χ3n) is 3.44. The van der Waals surface area contributed by atoms with Crippen molar-refractivity contribution in [2.45, 2.75) is 26.2 Å². The van der Waals surface area contributed by atoms with Crippen molar-refractivity contribution in [3.63, 3.8) is 0 Å². The van der Waals surface area contributed by atoms with E-state index in [2.05, 4.69) is 50.4 Å². The number of thioether (sulfide) groups is 1. The summed E-state index contributed by atoms with van der Waals surface area (Å²) in [5.41, 5.74) is 1.57. The van der Waals surface area contributed by atoms with Gasteiger partial charge in [0.1, 0.15) is 5.75 Å². The molecule has 1 N–H and O–H groups in total. The van der Waals surface area contributed by atoms with Gasteiger partial charge in [-0.05, 0) is 47.9 Å². The minimum atomic E-state index is 0.213. The van der Waals surface area contributed by atoms with E-state index < -0.39 is 0 Å². The van der Waals surface area contributed by atoms with E-state index in [1.807, 2.05) is 11.8 Å². The Hall–Kier alpha value is -0.670. The molecule has 1 aliphatic heterocycles. The third-order valence-corrected chi connectivity index (χ3v) is 4.60. The molecule has 2 nitrogen and oxygen atoms in total. The zero-order chi connectivity index (χ0) is 13.7. The van der Waals surface area contributed by atoms with Gasteiger partial charge in [0, 0.05) is 5.75 Å². The van der Waals surface area contributed by atoms with Gasteiger partial charge in [-0.15, -0.1) is 0 Å². The zero-order valence-corrected chi connectivity index (χ0v) is 13.1. The van der Waals surface area contributed by atoms with Crippen LogP contribution in [0.1, 0.15) is 26.3 Å². The maximum Gasteiger partial charge on any atom is 0.119 e. The molecule has 0 spiro atoms. The van der Waals surface area contributed by atoms with Gasteiger partial charge < -0.3 is 10.1 Å². The Kier molecular flexibility index (Phi) is 5.17. The van der Waals surface area contributed by atoms with E-state index in [-0.39, 0.29) is 5.41 Å². The van der Waals surface area contributed by atoms with E-state index in [0.29, 0.717) is 0 Å². The molecule has 0 radical (unpaired) electrons. The Morgan fingerprint density at radius 1 is 1.21 bits per heavy atom. The average molecular weight is 279 g/mol. The quantitative estimate of drug-likeness (QED) is 0.807. The monoisotopic (exact) mass is 279 g/mol. The maximum atomic E-state index is 5.77. The van der Waals surface area contributed by atoms with Crippen molar-refractivity contribution >= 4 is 11.8 Å². The molecular weight excluding hydrogens is 254 g/mol. The third kappa shape index (κ3) is 4.73. The average Bonchev–Trinajstić information content (AvgIpc) is 2.31. The highest BCUT2D eigenvalue weighted by atomic mass is 32.2. The summed E-state index contributed by atoms with van der Waals surface area (Å²) < 4.78 is 5.77. The van der Waals surface area contributed by atoms with Crippen LogP contribution in [-0.2, 0) is 5.41 Å². The molecular formula is C16H25NOS. The summed E-state index contributed by atoms with van der Waals surface area (Å²) in [6.07, 6.45) is 0. The molecule has 1 saturated heterocycles. The summed E-state index contributed by atoms with van der Waals surface area (Å²) >= 11 is 2.00. The lowest BCUT2D eigenvalue weighted by atomic mass is 9.87. The van der Waals surface area contributed by atoms with Crippen LogP contribution in [0.15, 0.2) is 24.3 Å². The lowest BCUT2D eigenvalue weighted by Crippen LogP contribution is -2.43. The van der Waals surface area contributed by atoms with Crippen LogP contribution in [0.3, 0.4) is 0 Å². The number of ether oxygens (including phenoxy) is 1. The topological polar surface area (TPSA) is 21.3 Å². The largest absolute Gasteiger partial charge is 0.493 e. The highest BCUT2D eigenvalue weighted by Crippen LogP contribution is 2.24. The van der Waals surface area contributed by atoms with Crippen molar-refractivity contribution in [3.8, 4) is 5.75 Å². The van der Waals surface area contributed by atoms with Gasteiger partial charge >= 0.3 is 0 Å². The Balaban J connectivity index is 1.65. The van der Waals surface area contributed by atoms with E-state index in [0.717, 1.165) is 24.0 Å². The molecule has 1 heterocycles. The number of hydrogen-bond donors (Lipinski definition) is 1. The van der Waals surface area contributed by atoms with E-state index in [1.165, 1.54) is 24.4 Å². The van der Waals surface area contributed by atoms with Crippen LogP contribution in [0.5, 0.6) is 5.75 Å². The van der Waals surface area contributed by atoms with Gasteiger partial charge in [0.05, 0.1) is 6.61 Å².